The average molecular weight is 358 g/mol. The summed E-state index contributed by atoms with van der Waals surface area (Å²) >= 11 is 0. The van der Waals surface area contributed by atoms with E-state index in [4.69, 9.17) is 0 Å². The fourth-order valence-corrected chi connectivity index (χ4v) is 3.97. The van der Waals surface area contributed by atoms with Crippen LogP contribution < -0.4 is 10.6 Å². The largest absolute Gasteiger partial charge is 0.353 e. The molecule has 2 aliphatic rings. The van der Waals surface area contributed by atoms with Gasteiger partial charge < -0.3 is 10.6 Å². The van der Waals surface area contributed by atoms with Crippen molar-refractivity contribution in [2.24, 2.45) is 5.41 Å². The number of carbonyl (C=O) groups excluding carboxylic acids is 2. The summed E-state index contributed by atoms with van der Waals surface area (Å²) in [6.07, 6.45) is 8.19. The number of carbonyl (C=O) groups is 2. The fraction of sp³-hybridized carbons (Fsp3) is 0.524. The quantitative estimate of drug-likeness (QED) is 0.735. The number of hydrogen-bond acceptors (Lipinski definition) is 2. The lowest BCUT2D eigenvalue weighted by atomic mass is 9.81. The Hall–Kier alpha value is -2.17. The average Bonchev–Trinajstić information content (AvgIpc) is 3.43. The van der Waals surface area contributed by atoms with Gasteiger partial charge in [-0.1, -0.05) is 44.0 Å². The molecule has 3 rings (SSSR count). The predicted octanol–water partition coefficient (Wildman–Crippen LogP) is 3.27. The molecule has 2 aliphatic carbocycles. The van der Waals surface area contributed by atoms with Crippen LogP contribution in [0.5, 0.6) is 0 Å². The van der Waals surface area contributed by atoms with E-state index in [1.807, 2.05) is 0 Å². The molecule has 5 heteroatoms. The smallest absolute Gasteiger partial charge is 0.243 e. The van der Waals surface area contributed by atoms with Crippen molar-refractivity contribution in [1.82, 2.24) is 10.6 Å². The van der Waals surface area contributed by atoms with Gasteiger partial charge in [0.15, 0.2) is 0 Å². The van der Waals surface area contributed by atoms with E-state index in [9.17, 15) is 14.0 Å². The van der Waals surface area contributed by atoms with Crippen molar-refractivity contribution >= 4 is 11.8 Å². The van der Waals surface area contributed by atoms with Gasteiger partial charge in [-0.05, 0) is 49.8 Å². The molecule has 0 atom stereocenters. The Morgan fingerprint density at radius 1 is 1.12 bits per heavy atom. The molecule has 0 aromatic heterocycles. The Kier molecular flexibility index (Phi) is 5.44. The van der Waals surface area contributed by atoms with Crippen molar-refractivity contribution in [3.63, 3.8) is 0 Å². The van der Waals surface area contributed by atoms with Crippen molar-refractivity contribution < 1.29 is 14.0 Å². The van der Waals surface area contributed by atoms with Crippen LogP contribution in [-0.2, 0) is 16.0 Å². The Balaban J connectivity index is 1.63. The summed E-state index contributed by atoms with van der Waals surface area (Å²) in [4.78, 5) is 24.7. The zero-order chi connectivity index (χ0) is 18.6. The molecule has 1 aromatic carbocycles. The second kappa shape index (κ2) is 7.60. The van der Waals surface area contributed by atoms with Gasteiger partial charge in [-0.25, -0.2) is 4.39 Å². The number of hydrogen-bond donors (Lipinski definition) is 2. The maximum Gasteiger partial charge on any atom is 0.243 e. The topological polar surface area (TPSA) is 58.2 Å². The van der Waals surface area contributed by atoms with E-state index < -0.39 is 11.0 Å². The number of amides is 2. The highest BCUT2D eigenvalue weighted by atomic mass is 19.1. The van der Waals surface area contributed by atoms with Gasteiger partial charge in [0.2, 0.25) is 11.8 Å². The summed E-state index contributed by atoms with van der Waals surface area (Å²) in [5.74, 6) is -0.485. The Labute approximate surface area is 154 Å². The highest BCUT2D eigenvalue weighted by Crippen LogP contribution is 2.49. The first kappa shape index (κ1) is 18.6. The second-order valence-corrected chi connectivity index (χ2v) is 7.77. The summed E-state index contributed by atoms with van der Waals surface area (Å²) in [7, 11) is 0. The molecule has 0 bridgehead atoms. The molecule has 0 radical (unpaired) electrons. The van der Waals surface area contributed by atoms with Crippen LogP contribution in [0.1, 0.15) is 50.5 Å². The van der Waals surface area contributed by atoms with Gasteiger partial charge >= 0.3 is 0 Å². The molecule has 26 heavy (non-hydrogen) atoms. The van der Waals surface area contributed by atoms with Crippen molar-refractivity contribution in [2.75, 3.05) is 6.54 Å². The molecule has 2 saturated carbocycles. The third-order valence-electron chi connectivity index (χ3n) is 5.79. The van der Waals surface area contributed by atoms with Crippen molar-refractivity contribution in [2.45, 2.75) is 56.9 Å². The maximum absolute atomic E-state index is 13.9. The second-order valence-electron chi connectivity index (χ2n) is 7.77. The first-order valence-corrected chi connectivity index (χ1v) is 9.45. The van der Waals surface area contributed by atoms with Crippen LogP contribution in [-0.4, -0.2) is 23.9 Å². The molecule has 0 saturated heterocycles. The van der Waals surface area contributed by atoms with E-state index in [-0.39, 0.29) is 17.6 Å². The summed E-state index contributed by atoms with van der Waals surface area (Å²) < 4.78 is 13.9. The van der Waals surface area contributed by atoms with E-state index in [0.29, 0.717) is 18.5 Å². The number of benzene rings is 1. The molecule has 1 aromatic rings. The standard InChI is InChI=1S/C21H27FN2O2/c1-2-18(25)24-21(10-6-3-7-11-21)15-23-19(26)20(12-13-20)14-16-8-4-5-9-17(16)22/h2,4-5,8-9H,1,3,6-7,10-15H2,(H,23,26)(H,24,25). The highest BCUT2D eigenvalue weighted by molar-refractivity contribution is 5.88. The summed E-state index contributed by atoms with van der Waals surface area (Å²) in [5, 5.41) is 6.09. The van der Waals surface area contributed by atoms with E-state index >= 15 is 0 Å². The monoisotopic (exact) mass is 358 g/mol. The van der Waals surface area contributed by atoms with Gasteiger partial charge in [0.05, 0.1) is 11.0 Å². The van der Waals surface area contributed by atoms with Gasteiger partial charge in [0.1, 0.15) is 5.82 Å². The molecule has 140 valence electrons. The van der Waals surface area contributed by atoms with E-state index in [2.05, 4.69) is 17.2 Å². The Morgan fingerprint density at radius 2 is 1.81 bits per heavy atom. The normalized spacial score (nSPS) is 20.0. The van der Waals surface area contributed by atoms with E-state index in [1.54, 1.807) is 18.2 Å². The van der Waals surface area contributed by atoms with Crippen LogP contribution in [0.25, 0.3) is 0 Å². The molecule has 4 nitrogen and oxygen atoms in total. The lowest BCUT2D eigenvalue weighted by Crippen LogP contribution is -2.57. The first-order valence-electron chi connectivity index (χ1n) is 9.45. The Bertz CT molecular complexity index is 691. The van der Waals surface area contributed by atoms with Crippen LogP contribution in [0.2, 0.25) is 0 Å². The summed E-state index contributed by atoms with van der Waals surface area (Å²) in [6, 6.07) is 6.64. The van der Waals surface area contributed by atoms with E-state index in [0.717, 1.165) is 44.9 Å². The third kappa shape index (κ3) is 4.14. The number of nitrogens with one attached hydrogen (secondary N) is 2. The van der Waals surface area contributed by atoms with Crippen LogP contribution in [0, 0.1) is 11.2 Å². The van der Waals surface area contributed by atoms with Gasteiger partial charge in [0.25, 0.3) is 0 Å². The van der Waals surface area contributed by atoms with Gasteiger partial charge in [0, 0.05) is 6.54 Å². The fourth-order valence-electron chi connectivity index (χ4n) is 3.97. The molecule has 2 amide bonds. The molecular formula is C21H27FN2O2. The molecule has 0 heterocycles. The minimum atomic E-state index is -0.500. The van der Waals surface area contributed by atoms with Gasteiger partial charge in [-0.2, -0.15) is 0 Å². The molecule has 0 spiro atoms. The zero-order valence-corrected chi connectivity index (χ0v) is 15.2. The SMILES string of the molecule is C=CC(=O)NC1(CNC(=O)C2(Cc3ccccc3F)CC2)CCCCC1. The minimum Gasteiger partial charge on any atom is -0.353 e. The number of rotatable bonds is 7. The molecule has 2 N–H and O–H groups in total. The van der Waals surface area contributed by atoms with Crippen LogP contribution >= 0.6 is 0 Å². The lowest BCUT2D eigenvalue weighted by Gasteiger charge is -2.38. The van der Waals surface area contributed by atoms with Crippen molar-refractivity contribution in [3.05, 3.63) is 48.3 Å². The van der Waals surface area contributed by atoms with Crippen molar-refractivity contribution in [1.29, 1.82) is 0 Å². The van der Waals surface area contributed by atoms with Crippen molar-refractivity contribution in [3.8, 4) is 0 Å². The van der Waals surface area contributed by atoms with Crippen LogP contribution in [0.4, 0.5) is 4.39 Å². The summed E-state index contributed by atoms with van der Waals surface area (Å²) in [5.41, 5.74) is -0.305. The molecule has 2 fully saturated rings. The minimum absolute atomic E-state index is 0.0291. The molecule has 0 unspecified atom stereocenters. The predicted molar refractivity (Wildman–Crippen MR) is 98.9 cm³/mol. The molecular weight excluding hydrogens is 331 g/mol. The summed E-state index contributed by atoms with van der Waals surface area (Å²) in [6.45, 7) is 3.94. The van der Waals surface area contributed by atoms with Gasteiger partial charge in [-0.3, -0.25) is 9.59 Å². The Morgan fingerprint density at radius 3 is 2.42 bits per heavy atom. The molecule has 0 aliphatic heterocycles. The van der Waals surface area contributed by atoms with Gasteiger partial charge in [-0.15, -0.1) is 0 Å². The zero-order valence-electron chi connectivity index (χ0n) is 15.2. The highest BCUT2D eigenvalue weighted by Gasteiger charge is 2.50. The maximum atomic E-state index is 13.9. The van der Waals surface area contributed by atoms with Crippen LogP contribution in [0.3, 0.4) is 0 Å². The van der Waals surface area contributed by atoms with E-state index in [1.165, 1.54) is 12.1 Å². The lowest BCUT2D eigenvalue weighted by molar-refractivity contribution is -0.127. The third-order valence-corrected chi connectivity index (χ3v) is 5.79. The van der Waals surface area contributed by atoms with Crippen LogP contribution in [0.15, 0.2) is 36.9 Å². The first-order chi connectivity index (χ1) is 12.5. The number of halogens is 1.